The van der Waals surface area contributed by atoms with Crippen molar-refractivity contribution in [3.8, 4) is 0 Å². The van der Waals surface area contributed by atoms with E-state index in [0.717, 1.165) is 29.9 Å². The van der Waals surface area contributed by atoms with Crippen LogP contribution in [0.2, 0.25) is 0 Å². The molecule has 0 amide bonds. The van der Waals surface area contributed by atoms with Crippen molar-refractivity contribution in [3.05, 3.63) is 63.7 Å². The van der Waals surface area contributed by atoms with Gasteiger partial charge in [0, 0.05) is 12.3 Å². The van der Waals surface area contributed by atoms with Crippen molar-refractivity contribution >= 4 is 21.2 Å². The fraction of sp³-hybridized carbons (Fsp3) is 0.294. The van der Waals surface area contributed by atoms with E-state index in [4.69, 9.17) is 0 Å². The van der Waals surface area contributed by atoms with E-state index < -0.39 is 14.8 Å². The summed E-state index contributed by atoms with van der Waals surface area (Å²) in [7, 11) is -3.50. The minimum atomic E-state index is -3.50. The molecule has 0 saturated heterocycles. The summed E-state index contributed by atoms with van der Waals surface area (Å²) in [6, 6.07) is 11.8. The van der Waals surface area contributed by atoms with Crippen LogP contribution in [0.5, 0.6) is 0 Å². The Morgan fingerprint density at radius 1 is 1.17 bits per heavy atom. The standard InChI is InChI=1S/C17H20N2O4S/c1-4-15(13-7-5-12(2)6-8-13)18-16-10-9-14(24(3,22)23)11-17(16)19(20)21/h5-11,15,18H,4H2,1-3H3/t15-/m1/s1. The summed E-state index contributed by atoms with van der Waals surface area (Å²) in [6.45, 7) is 3.97. The van der Waals surface area contributed by atoms with E-state index >= 15 is 0 Å². The number of hydrogen-bond acceptors (Lipinski definition) is 5. The van der Waals surface area contributed by atoms with E-state index in [-0.39, 0.29) is 16.6 Å². The Hall–Kier alpha value is -2.41. The fourth-order valence-corrected chi connectivity index (χ4v) is 3.06. The van der Waals surface area contributed by atoms with Crippen LogP contribution in [0.3, 0.4) is 0 Å². The average molecular weight is 348 g/mol. The van der Waals surface area contributed by atoms with Crippen LogP contribution in [-0.4, -0.2) is 19.6 Å². The van der Waals surface area contributed by atoms with Gasteiger partial charge in [0.05, 0.1) is 15.9 Å². The molecule has 128 valence electrons. The lowest BCUT2D eigenvalue weighted by Crippen LogP contribution is -2.11. The van der Waals surface area contributed by atoms with Crippen LogP contribution >= 0.6 is 0 Å². The maximum absolute atomic E-state index is 11.6. The first-order valence-electron chi connectivity index (χ1n) is 7.54. The monoisotopic (exact) mass is 348 g/mol. The molecule has 0 heterocycles. The molecular weight excluding hydrogens is 328 g/mol. The van der Waals surface area contributed by atoms with Gasteiger partial charge >= 0.3 is 0 Å². The number of aryl methyl sites for hydroxylation is 1. The van der Waals surface area contributed by atoms with E-state index in [1.807, 2.05) is 38.1 Å². The predicted octanol–water partition coefficient (Wildman–Crippen LogP) is 3.87. The zero-order valence-corrected chi connectivity index (χ0v) is 14.6. The van der Waals surface area contributed by atoms with Crippen molar-refractivity contribution in [1.29, 1.82) is 0 Å². The first-order chi connectivity index (χ1) is 11.2. The number of hydrogen-bond donors (Lipinski definition) is 1. The van der Waals surface area contributed by atoms with Gasteiger partial charge < -0.3 is 5.32 Å². The maximum atomic E-state index is 11.6. The largest absolute Gasteiger partial charge is 0.373 e. The van der Waals surface area contributed by atoms with Gasteiger partial charge in [0.1, 0.15) is 5.69 Å². The van der Waals surface area contributed by atoms with Gasteiger partial charge in [-0.2, -0.15) is 0 Å². The van der Waals surface area contributed by atoms with Crippen LogP contribution in [0, 0.1) is 17.0 Å². The van der Waals surface area contributed by atoms with Gasteiger partial charge in [-0.05, 0) is 31.0 Å². The Kier molecular flexibility index (Phi) is 5.23. The van der Waals surface area contributed by atoms with Crippen LogP contribution in [-0.2, 0) is 9.84 Å². The molecule has 2 rings (SSSR count). The number of nitro groups is 1. The smallest absolute Gasteiger partial charge is 0.293 e. The fourth-order valence-electron chi connectivity index (χ4n) is 2.42. The molecule has 0 unspecified atom stereocenters. The van der Waals surface area contributed by atoms with Crippen LogP contribution in [0.15, 0.2) is 47.4 Å². The lowest BCUT2D eigenvalue weighted by Gasteiger charge is -2.19. The molecule has 0 radical (unpaired) electrons. The predicted molar refractivity (Wildman–Crippen MR) is 94.0 cm³/mol. The Morgan fingerprint density at radius 3 is 2.29 bits per heavy atom. The van der Waals surface area contributed by atoms with Gasteiger partial charge in [-0.25, -0.2) is 8.42 Å². The highest BCUT2D eigenvalue weighted by Gasteiger charge is 2.21. The summed E-state index contributed by atoms with van der Waals surface area (Å²) >= 11 is 0. The summed E-state index contributed by atoms with van der Waals surface area (Å²) < 4.78 is 23.2. The molecule has 0 saturated carbocycles. The second-order valence-electron chi connectivity index (χ2n) is 5.72. The van der Waals surface area contributed by atoms with Crippen molar-refractivity contribution < 1.29 is 13.3 Å². The van der Waals surface area contributed by atoms with Crippen LogP contribution in [0.4, 0.5) is 11.4 Å². The molecule has 0 aliphatic rings. The van der Waals surface area contributed by atoms with Crippen LogP contribution in [0.25, 0.3) is 0 Å². The zero-order chi connectivity index (χ0) is 17.9. The van der Waals surface area contributed by atoms with E-state index in [0.29, 0.717) is 5.69 Å². The molecule has 0 fully saturated rings. The van der Waals surface area contributed by atoms with E-state index in [9.17, 15) is 18.5 Å². The van der Waals surface area contributed by atoms with Gasteiger partial charge in [-0.1, -0.05) is 36.8 Å². The summed E-state index contributed by atoms with van der Waals surface area (Å²) in [5, 5.41) is 14.5. The maximum Gasteiger partial charge on any atom is 0.293 e. The third-order valence-electron chi connectivity index (χ3n) is 3.81. The molecule has 0 aromatic heterocycles. The summed E-state index contributed by atoms with van der Waals surface area (Å²) in [4.78, 5) is 10.7. The number of rotatable bonds is 6. The number of nitro benzene ring substituents is 1. The topological polar surface area (TPSA) is 89.3 Å². The molecule has 0 aliphatic carbocycles. The van der Waals surface area contributed by atoms with Gasteiger partial charge in [-0.3, -0.25) is 10.1 Å². The Balaban J connectivity index is 2.40. The minimum Gasteiger partial charge on any atom is -0.373 e. The van der Waals surface area contributed by atoms with E-state index in [1.165, 1.54) is 12.1 Å². The Labute approximate surface area is 141 Å². The molecule has 24 heavy (non-hydrogen) atoms. The molecule has 0 bridgehead atoms. The first kappa shape index (κ1) is 17.9. The SMILES string of the molecule is CC[C@@H](Nc1ccc(S(C)(=O)=O)cc1[N+](=O)[O-])c1ccc(C)cc1. The van der Waals surface area contributed by atoms with Crippen molar-refractivity contribution in [2.75, 3.05) is 11.6 Å². The first-order valence-corrected chi connectivity index (χ1v) is 9.43. The van der Waals surface area contributed by atoms with E-state index in [1.54, 1.807) is 0 Å². The van der Waals surface area contributed by atoms with Gasteiger partial charge in [0.25, 0.3) is 5.69 Å². The zero-order valence-electron chi connectivity index (χ0n) is 13.8. The molecule has 2 aromatic rings. The highest BCUT2D eigenvalue weighted by Crippen LogP contribution is 2.31. The Morgan fingerprint density at radius 2 is 1.79 bits per heavy atom. The number of anilines is 1. The van der Waals surface area contributed by atoms with Crippen molar-refractivity contribution in [2.45, 2.75) is 31.2 Å². The van der Waals surface area contributed by atoms with Gasteiger partial charge in [0.15, 0.2) is 9.84 Å². The van der Waals surface area contributed by atoms with Gasteiger partial charge in [-0.15, -0.1) is 0 Å². The quantitative estimate of drug-likeness (QED) is 0.632. The van der Waals surface area contributed by atoms with E-state index in [2.05, 4.69) is 5.32 Å². The number of sulfone groups is 1. The lowest BCUT2D eigenvalue weighted by molar-refractivity contribution is -0.384. The molecular formula is C17H20N2O4S. The normalized spacial score (nSPS) is 12.6. The Bertz CT molecular complexity index is 845. The third kappa shape index (κ3) is 4.11. The number of benzene rings is 2. The van der Waals surface area contributed by atoms with Gasteiger partial charge in [0.2, 0.25) is 0 Å². The molecule has 2 aromatic carbocycles. The molecule has 7 heteroatoms. The molecule has 1 N–H and O–H groups in total. The van der Waals surface area contributed by atoms with Crippen molar-refractivity contribution in [1.82, 2.24) is 0 Å². The summed E-state index contributed by atoms with van der Waals surface area (Å²) in [5.74, 6) is 0. The molecule has 1 atom stereocenters. The highest BCUT2D eigenvalue weighted by molar-refractivity contribution is 7.90. The second kappa shape index (κ2) is 7.00. The minimum absolute atomic E-state index is 0.0665. The van der Waals surface area contributed by atoms with Crippen molar-refractivity contribution in [3.63, 3.8) is 0 Å². The summed E-state index contributed by atoms with van der Waals surface area (Å²) in [6.07, 6.45) is 1.76. The number of nitrogens with one attached hydrogen (secondary N) is 1. The molecule has 6 nitrogen and oxygen atoms in total. The van der Waals surface area contributed by atoms with Crippen LogP contribution < -0.4 is 5.32 Å². The highest BCUT2D eigenvalue weighted by atomic mass is 32.2. The lowest BCUT2D eigenvalue weighted by atomic mass is 10.0. The average Bonchev–Trinajstić information content (AvgIpc) is 2.52. The number of nitrogens with zero attached hydrogens (tertiary/aromatic N) is 1. The third-order valence-corrected chi connectivity index (χ3v) is 4.92. The van der Waals surface area contributed by atoms with Crippen molar-refractivity contribution in [2.24, 2.45) is 0 Å². The second-order valence-corrected chi connectivity index (χ2v) is 7.74. The molecule has 0 spiro atoms. The molecule has 0 aliphatic heterocycles. The summed E-state index contributed by atoms with van der Waals surface area (Å²) in [5.41, 5.74) is 2.21. The van der Waals surface area contributed by atoms with Crippen LogP contribution in [0.1, 0.15) is 30.5 Å².